The van der Waals surface area contributed by atoms with Crippen molar-refractivity contribution in [2.24, 2.45) is 5.92 Å². The number of rotatable bonds is 3. The fourth-order valence-corrected chi connectivity index (χ4v) is 2.90. The van der Waals surface area contributed by atoms with Crippen molar-refractivity contribution < 1.29 is 15.3 Å². The number of hydrogen-bond acceptors (Lipinski definition) is 5. The van der Waals surface area contributed by atoms with Gasteiger partial charge in [-0.05, 0) is 16.6 Å². The molecule has 1 aromatic rings. The Bertz CT molecular complexity index is 623. The summed E-state index contributed by atoms with van der Waals surface area (Å²) in [6.45, 7) is -0.364. The molecule has 2 rings (SSSR count). The number of aliphatic hydroxyl groups excluding tert-OH is 3. The maximum Gasteiger partial charge on any atom is 0.328 e. The van der Waals surface area contributed by atoms with Crippen molar-refractivity contribution in [3.63, 3.8) is 0 Å². The van der Waals surface area contributed by atoms with Crippen LogP contribution in [0, 0.1) is 5.92 Å². The minimum Gasteiger partial charge on any atom is -0.396 e. The Morgan fingerprint density at radius 2 is 2.15 bits per heavy atom. The number of H-pyrrole nitrogens is 1. The Balaban J connectivity index is 2.46. The minimum atomic E-state index is -1.05. The third-order valence-corrected chi connectivity index (χ3v) is 3.98. The van der Waals surface area contributed by atoms with Crippen molar-refractivity contribution in [3.05, 3.63) is 36.7 Å². The zero-order valence-corrected chi connectivity index (χ0v) is 12.6. The van der Waals surface area contributed by atoms with Crippen LogP contribution >= 0.6 is 22.6 Å². The second-order valence-corrected chi connectivity index (χ2v) is 5.47. The van der Waals surface area contributed by atoms with E-state index < -0.39 is 35.4 Å². The third kappa shape index (κ3) is 2.73. The first-order chi connectivity index (χ1) is 9.49. The monoisotopic (exact) mass is 394 g/mol. The molecule has 7 nitrogen and oxygen atoms in total. The van der Waals surface area contributed by atoms with Gasteiger partial charge in [-0.3, -0.25) is 14.3 Å². The number of hydrogen-bond donors (Lipinski definition) is 4. The molecule has 1 aromatic heterocycles. The van der Waals surface area contributed by atoms with Gasteiger partial charge in [0.25, 0.3) is 5.56 Å². The van der Waals surface area contributed by atoms with Gasteiger partial charge in [0.2, 0.25) is 0 Å². The largest absolute Gasteiger partial charge is 0.396 e. The molecule has 110 valence electrons. The highest BCUT2D eigenvalue weighted by molar-refractivity contribution is 14.1. The first-order valence-electron chi connectivity index (χ1n) is 6.08. The molecule has 20 heavy (non-hydrogen) atoms. The van der Waals surface area contributed by atoms with Gasteiger partial charge in [-0.25, -0.2) is 4.79 Å². The lowest BCUT2D eigenvalue weighted by Crippen LogP contribution is -2.37. The number of aromatic nitrogens is 2. The van der Waals surface area contributed by atoms with Crippen LogP contribution in [-0.4, -0.2) is 43.7 Å². The molecule has 0 amide bonds. The van der Waals surface area contributed by atoms with E-state index in [-0.39, 0.29) is 18.6 Å². The predicted molar refractivity (Wildman–Crippen MR) is 80.6 cm³/mol. The average Bonchev–Trinajstić information content (AvgIpc) is 2.68. The van der Waals surface area contributed by atoms with Gasteiger partial charge >= 0.3 is 5.69 Å². The molecule has 0 spiro atoms. The zero-order chi connectivity index (χ0) is 14.9. The van der Waals surface area contributed by atoms with E-state index in [1.54, 1.807) is 4.08 Å². The normalized spacial score (nSPS) is 30.2. The van der Waals surface area contributed by atoms with Crippen molar-refractivity contribution >= 4 is 28.7 Å². The van der Waals surface area contributed by atoms with E-state index >= 15 is 0 Å². The molecule has 0 aromatic carbocycles. The molecule has 1 heterocycles. The second kappa shape index (κ2) is 6.20. The van der Waals surface area contributed by atoms with E-state index in [0.717, 1.165) is 0 Å². The van der Waals surface area contributed by atoms with Crippen LogP contribution in [0.1, 0.15) is 18.0 Å². The molecule has 1 fully saturated rings. The fourth-order valence-electron chi connectivity index (χ4n) is 2.52. The molecule has 1 aliphatic carbocycles. The number of nitrogens with one attached hydrogen (secondary N) is 1. The number of nitrogens with zero attached hydrogens (tertiary/aromatic N) is 1. The van der Waals surface area contributed by atoms with Crippen molar-refractivity contribution in [3.8, 4) is 0 Å². The van der Waals surface area contributed by atoms with Crippen molar-refractivity contribution in [2.75, 3.05) is 6.61 Å². The van der Waals surface area contributed by atoms with Crippen LogP contribution in [0.2, 0.25) is 0 Å². The van der Waals surface area contributed by atoms with E-state index in [1.807, 2.05) is 22.6 Å². The number of halogens is 1. The van der Waals surface area contributed by atoms with Crippen LogP contribution in [0.25, 0.3) is 6.08 Å². The van der Waals surface area contributed by atoms with E-state index in [1.165, 1.54) is 16.8 Å². The van der Waals surface area contributed by atoms with Crippen LogP contribution in [0.4, 0.5) is 0 Å². The van der Waals surface area contributed by atoms with Crippen LogP contribution in [0.3, 0.4) is 0 Å². The predicted octanol–water partition coefficient (Wildman–Crippen LogP) is -0.783. The van der Waals surface area contributed by atoms with Gasteiger partial charge in [-0.1, -0.05) is 22.6 Å². The van der Waals surface area contributed by atoms with Gasteiger partial charge in [-0.2, -0.15) is 0 Å². The highest BCUT2D eigenvalue weighted by Gasteiger charge is 2.42. The maximum absolute atomic E-state index is 11.9. The Hall–Kier alpha value is -0.970. The first kappa shape index (κ1) is 15.4. The highest BCUT2D eigenvalue weighted by atomic mass is 127. The molecule has 4 atom stereocenters. The SMILES string of the molecule is O=c1[nH]c(=O)n(C2CC(O)C(CO)C2O)cc1C=CI. The van der Waals surface area contributed by atoms with Gasteiger partial charge in [0.05, 0.1) is 30.4 Å². The van der Waals surface area contributed by atoms with Crippen molar-refractivity contribution in [1.29, 1.82) is 0 Å². The summed E-state index contributed by atoms with van der Waals surface area (Å²) in [5, 5.41) is 29.0. The first-order valence-corrected chi connectivity index (χ1v) is 7.33. The summed E-state index contributed by atoms with van der Waals surface area (Å²) in [7, 11) is 0. The summed E-state index contributed by atoms with van der Waals surface area (Å²) in [5.74, 6) is -0.692. The fraction of sp³-hybridized carbons (Fsp3) is 0.500. The molecule has 8 heteroatoms. The van der Waals surface area contributed by atoms with Gasteiger partial charge in [0.1, 0.15) is 0 Å². The molecule has 0 saturated heterocycles. The standard InChI is InChI=1S/C12H15IN2O5/c13-2-1-6-4-15(12(20)14-11(6)19)8-3-9(17)7(5-16)10(8)18/h1-2,4,7-10,16-18H,3,5H2,(H,14,19,20). The van der Waals surface area contributed by atoms with Crippen molar-refractivity contribution in [2.45, 2.75) is 24.7 Å². The zero-order valence-electron chi connectivity index (χ0n) is 10.4. The second-order valence-electron chi connectivity index (χ2n) is 4.75. The van der Waals surface area contributed by atoms with E-state index in [2.05, 4.69) is 4.98 Å². The van der Waals surface area contributed by atoms with Crippen molar-refractivity contribution in [1.82, 2.24) is 9.55 Å². The maximum atomic E-state index is 11.9. The van der Waals surface area contributed by atoms with Crippen LogP contribution in [-0.2, 0) is 0 Å². The lowest BCUT2D eigenvalue weighted by Gasteiger charge is -2.20. The molecule has 4 unspecified atom stereocenters. The molecule has 1 aliphatic rings. The third-order valence-electron chi connectivity index (χ3n) is 3.62. The Morgan fingerprint density at radius 1 is 1.45 bits per heavy atom. The lowest BCUT2D eigenvalue weighted by atomic mass is 10.0. The smallest absolute Gasteiger partial charge is 0.328 e. The average molecular weight is 394 g/mol. The number of aromatic amines is 1. The lowest BCUT2D eigenvalue weighted by molar-refractivity contribution is 0.0207. The molecule has 0 radical (unpaired) electrons. The van der Waals surface area contributed by atoms with Crippen LogP contribution in [0.15, 0.2) is 19.9 Å². The van der Waals surface area contributed by atoms with E-state index in [4.69, 9.17) is 5.11 Å². The van der Waals surface area contributed by atoms with Gasteiger partial charge in [0.15, 0.2) is 0 Å². The topological polar surface area (TPSA) is 116 Å². The van der Waals surface area contributed by atoms with Gasteiger partial charge in [0, 0.05) is 12.1 Å². The quantitative estimate of drug-likeness (QED) is 0.502. The summed E-state index contributed by atoms with van der Waals surface area (Å²) in [5.41, 5.74) is -0.866. The summed E-state index contributed by atoms with van der Waals surface area (Å²) in [6.07, 6.45) is 1.11. The summed E-state index contributed by atoms with van der Waals surface area (Å²) < 4.78 is 2.84. The Kier molecular flexibility index (Phi) is 4.78. The molecular weight excluding hydrogens is 379 g/mol. The summed E-state index contributed by atoms with van der Waals surface area (Å²) in [4.78, 5) is 25.6. The summed E-state index contributed by atoms with van der Waals surface area (Å²) in [6, 6.07) is -0.673. The molecule has 0 aliphatic heterocycles. The summed E-state index contributed by atoms with van der Waals surface area (Å²) >= 11 is 1.95. The van der Waals surface area contributed by atoms with Crippen LogP contribution in [0.5, 0.6) is 0 Å². The minimum absolute atomic E-state index is 0.145. The van der Waals surface area contributed by atoms with Crippen LogP contribution < -0.4 is 11.2 Å². The molecule has 1 saturated carbocycles. The van der Waals surface area contributed by atoms with E-state index in [9.17, 15) is 19.8 Å². The molecular formula is C12H15IN2O5. The Labute approximate surface area is 127 Å². The highest BCUT2D eigenvalue weighted by Crippen LogP contribution is 2.34. The van der Waals surface area contributed by atoms with Gasteiger partial charge in [-0.15, -0.1) is 0 Å². The van der Waals surface area contributed by atoms with Gasteiger partial charge < -0.3 is 15.3 Å². The number of aliphatic hydroxyl groups is 3. The molecule has 0 bridgehead atoms. The van der Waals surface area contributed by atoms with E-state index in [0.29, 0.717) is 0 Å². The molecule has 4 N–H and O–H groups in total. The Morgan fingerprint density at radius 3 is 2.70 bits per heavy atom.